The minimum atomic E-state index is -0.167. The molecule has 1 unspecified atom stereocenters. The van der Waals surface area contributed by atoms with Crippen LogP contribution < -0.4 is 10.2 Å². The van der Waals surface area contributed by atoms with Crippen LogP contribution >= 0.6 is 8.58 Å². The van der Waals surface area contributed by atoms with Crippen LogP contribution in [-0.2, 0) is 11.7 Å². The number of anilines is 2. The summed E-state index contributed by atoms with van der Waals surface area (Å²) in [6, 6.07) is 35.6. The molecular formula is C29H30NOP. The first-order valence-corrected chi connectivity index (χ1v) is 12.0. The summed E-state index contributed by atoms with van der Waals surface area (Å²) in [5, 5.41) is 11.6. The average Bonchev–Trinajstić information content (AvgIpc) is 2.80. The fourth-order valence-corrected chi connectivity index (χ4v) is 5.60. The van der Waals surface area contributed by atoms with Gasteiger partial charge in [-0.25, -0.2) is 0 Å². The van der Waals surface area contributed by atoms with Crippen molar-refractivity contribution in [2.75, 3.05) is 4.90 Å². The Morgan fingerprint density at radius 1 is 0.750 bits per heavy atom. The van der Waals surface area contributed by atoms with Crippen LogP contribution in [0.25, 0.3) is 0 Å². The number of phenols is 1. The normalized spacial score (nSPS) is 11.7. The van der Waals surface area contributed by atoms with Crippen LogP contribution in [0.15, 0.2) is 103 Å². The Labute approximate surface area is 193 Å². The molecule has 0 saturated heterocycles. The van der Waals surface area contributed by atoms with Gasteiger partial charge in [-0.15, -0.1) is 0 Å². The third-order valence-corrected chi connectivity index (χ3v) is 7.40. The van der Waals surface area contributed by atoms with Crippen molar-refractivity contribution in [1.29, 1.82) is 0 Å². The van der Waals surface area contributed by atoms with Crippen molar-refractivity contribution in [3.63, 3.8) is 0 Å². The summed E-state index contributed by atoms with van der Waals surface area (Å²) in [4.78, 5) is 2.37. The van der Waals surface area contributed by atoms with Gasteiger partial charge in [0, 0.05) is 28.6 Å². The second-order valence-corrected chi connectivity index (χ2v) is 10.7. The minimum absolute atomic E-state index is 0.167. The number of nitrogens with zero attached hydrogens (tertiary/aromatic N) is 1. The van der Waals surface area contributed by atoms with Gasteiger partial charge in [-0.2, -0.15) is 0 Å². The van der Waals surface area contributed by atoms with E-state index >= 15 is 0 Å². The van der Waals surface area contributed by atoms with Crippen LogP contribution in [0.3, 0.4) is 0 Å². The highest BCUT2D eigenvalue weighted by atomic mass is 31.1. The van der Waals surface area contributed by atoms with Gasteiger partial charge in [-0.05, 0) is 48.1 Å². The van der Waals surface area contributed by atoms with E-state index in [0.717, 1.165) is 12.1 Å². The Balaban J connectivity index is 1.72. The smallest absolute Gasteiger partial charge is 0.119 e. The van der Waals surface area contributed by atoms with Crippen LogP contribution in [0, 0.1) is 6.92 Å². The highest BCUT2D eigenvalue weighted by molar-refractivity contribution is 7.48. The van der Waals surface area contributed by atoms with E-state index in [2.05, 4.69) is 105 Å². The van der Waals surface area contributed by atoms with Crippen molar-refractivity contribution in [2.24, 2.45) is 0 Å². The molecule has 0 heterocycles. The number of hydrogen-bond donors (Lipinski definition) is 1. The van der Waals surface area contributed by atoms with Gasteiger partial charge in [0.1, 0.15) is 5.75 Å². The van der Waals surface area contributed by atoms with Crippen LogP contribution in [0.2, 0.25) is 0 Å². The molecule has 2 nitrogen and oxygen atoms in total. The van der Waals surface area contributed by atoms with Gasteiger partial charge in [-0.1, -0.05) is 101 Å². The van der Waals surface area contributed by atoms with Crippen LogP contribution in [-0.4, -0.2) is 5.11 Å². The van der Waals surface area contributed by atoms with Gasteiger partial charge in [0.2, 0.25) is 0 Å². The standard InChI is InChI=1S/C29H30NOP/c1-22-18-19-28(32-29(2,3)26-16-10-11-17-27(26)31)23(20-22)21-30(24-12-6-4-7-13-24)25-14-8-5-9-15-25/h4-20,31-32H,21H2,1-3H3. The van der Waals surface area contributed by atoms with Gasteiger partial charge >= 0.3 is 0 Å². The first kappa shape index (κ1) is 22.1. The topological polar surface area (TPSA) is 23.5 Å². The van der Waals surface area contributed by atoms with E-state index in [4.69, 9.17) is 0 Å². The van der Waals surface area contributed by atoms with Crippen molar-refractivity contribution in [2.45, 2.75) is 32.5 Å². The van der Waals surface area contributed by atoms with Gasteiger partial charge in [-0.3, -0.25) is 0 Å². The summed E-state index contributed by atoms with van der Waals surface area (Å²) in [7, 11) is 0.528. The lowest BCUT2D eigenvalue weighted by atomic mass is 10.0. The molecule has 1 N–H and O–H groups in total. The molecule has 0 aliphatic rings. The van der Waals surface area contributed by atoms with Gasteiger partial charge < -0.3 is 10.0 Å². The molecule has 162 valence electrons. The van der Waals surface area contributed by atoms with Crippen molar-refractivity contribution in [3.8, 4) is 5.75 Å². The average molecular weight is 440 g/mol. The molecule has 1 atom stereocenters. The lowest BCUT2D eigenvalue weighted by Crippen LogP contribution is -2.23. The van der Waals surface area contributed by atoms with Crippen LogP contribution in [0.5, 0.6) is 5.75 Å². The van der Waals surface area contributed by atoms with Gasteiger partial charge in [0.05, 0.1) is 0 Å². The fraction of sp³-hybridized carbons (Fsp3) is 0.172. The Morgan fingerprint density at radius 3 is 1.91 bits per heavy atom. The quantitative estimate of drug-likeness (QED) is 0.306. The van der Waals surface area contributed by atoms with Gasteiger partial charge in [0.25, 0.3) is 0 Å². The highest BCUT2D eigenvalue weighted by Gasteiger charge is 2.25. The van der Waals surface area contributed by atoms with E-state index in [1.165, 1.54) is 27.8 Å². The van der Waals surface area contributed by atoms with Crippen molar-refractivity contribution < 1.29 is 5.11 Å². The lowest BCUT2D eigenvalue weighted by Gasteiger charge is -2.30. The first-order valence-electron chi connectivity index (χ1n) is 11.0. The molecule has 0 fully saturated rings. The van der Waals surface area contributed by atoms with E-state index in [9.17, 15) is 5.11 Å². The Morgan fingerprint density at radius 2 is 1.31 bits per heavy atom. The van der Waals surface area contributed by atoms with Crippen molar-refractivity contribution >= 4 is 25.3 Å². The molecule has 4 aromatic rings. The molecule has 0 aliphatic heterocycles. The number of hydrogen-bond acceptors (Lipinski definition) is 2. The molecule has 0 aliphatic carbocycles. The number of benzene rings is 4. The predicted octanol–water partition coefficient (Wildman–Crippen LogP) is 7.28. The van der Waals surface area contributed by atoms with E-state index in [1.807, 2.05) is 18.2 Å². The van der Waals surface area contributed by atoms with Crippen molar-refractivity contribution in [1.82, 2.24) is 0 Å². The zero-order valence-corrected chi connectivity index (χ0v) is 19.9. The maximum atomic E-state index is 10.5. The summed E-state index contributed by atoms with van der Waals surface area (Å²) < 4.78 is 0. The molecular weight excluding hydrogens is 409 g/mol. The molecule has 0 spiro atoms. The summed E-state index contributed by atoms with van der Waals surface area (Å²) in [6.45, 7) is 7.38. The third-order valence-electron chi connectivity index (χ3n) is 5.75. The molecule has 0 amide bonds. The molecule has 0 radical (unpaired) electrons. The number of aromatic hydroxyl groups is 1. The number of phenolic OH excluding ortho intramolecular Hbond substituents is 1. The summed E-state index contributed by atoms with van der Waals surface area (Å²) >= 11 is 0. The van der Waals surface area contributed by atoms with Crippen molar-refractivity contribution in [3.05, 3.63) is 120 Å². The Hall–Kier alpha value is -3.09. The summed E-state index contributed by atoms with van der Waals surface area (Å²) in [5.41, 5.74) is 5.92. The van der Waals surface area contributed by atoms with Crippen LogP contribution in [0.1, 0.15) is 30.5 Å². The predicted molar refractivity (Wildman–Crippen MR) is 139 cm³/mol. The van der Waals surface area contributed by atoms with Gasteiger partial charge in [0.15, 0.2) is 0 Å². The molecule has 3 heteroatoms. The van der Waals surface area contributed by atoms with Crippen LogP contribution in [0.4, 0.5) is 11.4 Å². The monoisotopic (exact) mass is 439 g/mol. The maximum Gasteiger partial charge on any atom is 0.119 e. The summed E-state index contributed by atoms with van der Waals surface area (Å²) in [6.07, 6.45) is 0. The van der Waals surface area contributed by atoms with E-state index in [0.29, 0.717) is 14.3 Å². The molecule has 32 heavy (non-hydrogen) atoms. The number of para-hydroxylation sites is 3. The number of rotatable bonds is 7. The maximum absolute atomic E-state index is 10.5. The number of aryl methyl sites for hydroxylation is 1. The second-order valence-electron chi connectivity index (χ2n) is 8.68. The van der Waals surface area contributed by atoms with E-state index in [1.54, 1.807) is 6.07 Å². The Bertz CT molecular complexity index is 1130. The first-order chi connectivity index (χ1) is 15.4. The molecule has 0 bridgehead atoms. The van der Waals surface area contributed by atoms with E-state index < -0.39 is 0 Å². The fourth-order valence-electron chi connectivity index (χ4n) is 4.10. The van der Waals surface area contributed by atoms with E-state index in [-0.39, 0.29) is 5.16 Å². The minimum Gasteiger partial charge on any atom is -0.508 e. The molecule has 0 aromatic heterocycles. The molecule has 4 rings (SSSR count). The third kappa shape index (κ3) is 5.03. The lowest BCUT2D eigenvalue weighted by molar-refractivity contribution is 0.461. The molecule has 0 saturated carbocycles. The Kier molecular flexibility index (Phi) is 6.63. The zero-order chi connectivity index (χ0) is 22.6. The molecule has 4 aromatic carbocycles. The SMILES string of the molecule is Cc1ccc(PC(C)(C)c2ccccc2O)c(CN(c2ccccc2)c2ccccc2)c1. The summed E-state index contributed by atoms with van der Waals surface area (Å²) in [5.74, 6) is 0.369. The largest absolute Gasteiger partial charge is 0.508 e. The highest BCUT2D eigenvalue weighted by Crippen LogP contribution is 2.44. The zero-order valence-electron chi connectivity index (χ0n) is 18.9. The second kappa shape index (κ2) is 9.59.